The molecule has 162 valence electrons. The van der Waals surface area contributed by atoms with Gasteiger partial charge in [0.1, 0.15) is 17.5 Å². The highest BCUT2D eigenvalue weighted by atomic mass is 16.6. The number of ether oxygens (including phenoxy) is 2. The van der Waals surface area contributed by atoms with Crippen LogP contribution in [0.25, 0.3) is 0 Å². The fraction of sp³-hybridized carbons (Fsp3) is 0.500. The summed E-state index contributed by atoms with van der Waals surface area (Å²) < 4.78 is 13.5. The van der Waals surface area contributed by atoms with Crippen molar-refractivity contribution in [3.05, 3.63) is 62.0 Å². The van der Waals surface area contributed by atoms with Gasteiger partial charge in [0.25, 0.3) is 0 Å². The number of aromatic nitrogens is 1. The number of nitrogens with zero attached hydrogens (tertiary/aromatic N) is 2. The van der Waals surface area contributed by atoms with Gasteiger partial charge < -0.3 is 14.4 Å². The Morgan fingerprint density at radius 1 is 1.28 bits per heavy atom. The summed E-state index contributed by atoms with van der Waals surface area (Å²) in [5, 5.41) is 0. The molecule has 1 aliphatic rings. The van der Waals surface area contributed by atoms with Crippen LogP contribution in [0.5, 0.6) is 5.75 Å². The standard InChI is InChI=1S/C20H29N2O3.C2H6.C2H4/c1-6-7-16(2)14-21-11-8-17(9-12-21)24-18-10-13-22(15-18)19(23)25-20(3,4)5;2*1-2/h6-9,11-12,18H,2,10,13-15H2,1,3-5H3;1-2H3;1-2H2/q+1;;/b7-6-;;. The summed E-state index contributed by atoms with van der Waals surface area (Å²) in [6.07, 6.45) is 8.48. The summed E-state index contributed by atoms with van der Waals surface area (Å²) >= 11 is 0. The van der Waals surface area contributed by atoms with Crippen molar-refractivity contribution in [2.75, 3.05) is 13.1 Å². The highest BCUT2D eigenvalue weighted by Crippen LogP contribution is 2.19. The molecule has 5 nitrogen and oxygen atoms in total. The van der Waals surface area contributed by atoms with Crippen molar-refractivity contribution in [3.63, 3.8) is 0 Å². The average Bonchev–Trinajstić information content (AvgIpc) is 3.14. The zero-order valence-corrected chi connectivity index (χ0v) is 19.1. The van der Waals surface area contributed by atoms with E-state index in [1.165, 1.54) is 0 Å². The van der Waals surface area contributed by atoms with Gasteiger partial charge >= 0.3 is 6.09 Å². The van der Waals surface area contributed by atoms with Crippen LogP contribution < -0.4 is 9.30 Å². The van der Waals surface area contributed by atoms with Crippen molar-refractivity contribution < 1.29 is 18.8 Å². The lowest BCUT2D eigenvalue weighted by molar-refractivity contribution is -0.688. The summed E-state index contributed by atoms with van der Waals surface area (Å²) in [7, 11) is 0. The first-order valence-electron chi connectivity index (χ1n) is 10.2. The van der Waals surface area contributed by atoms with Crippen LogP contribution in [-0.2, 0) is 11.3 Å². The second-order valence-electron chi connectivity index (χ2n) is 7.32. The maximum Gasteiger partial charge on any atom is 0.410 e. The molecule has 1 aromatic heterocycles. The molecule has 5 heteroatoms. The van der Waals surface area contributed by atoms with Gasteiger partial charge in [-0.15, -0.1) is 13.2 Å². The molecule has 2 heterocycles. The fourth-order valence-electron chi connectivity index (χ4n) is 2.66. The van der Waals surface area contributed by atoms with E-state index in [-0.39, 0.29) is 12.2 Å². The Kier molecular flexibility index (Phi) is 12.4. The first-order chi connectivity index (χ1) is 13.8. The van der Waals surface area contributed by atoms with Crippen LogP contribution in [0.2, 0.25) is 0 Å². The maximum atomic E-state index is 12.1. The van der Waals surface area contributed by atoms with Crippen LogP contribution in [0.3, 0.4) is 0 Å². The number of amides is 1. The minimum atomic E-state index is -0.472. The molecule has 0 N–H and O–H groups in total. The third kappa shape index (κ3) is 10.5. The number of carbonyl (C=O) groups is 1. The van der Waals surface area contributed by atoms with Crippen LogP contribution in [-0.4, -0.2) is 35.8 Å². The van der Waals surface area contributed by atoms with E-state index in [1.54, 1.807) is 4.90 Å². The Morgan fingerprint density at radius 3 is 2.38 bits per heavy atom. The van der Waals surface area contributed by atoms with Crippen LogP contribution >= 0.6 is 0 Å². The van der Waals surface area contributed by atoms with Gasteiger partial charge in [0, 0.05) is 30.7 Å². The van der Waals surface area contributed by atoms with E-state index >= 15 is 0 Å². The monoisotopic (exact) mass is 403 g/mol. The molecule has 1 aromatic rings. The minimum absolute atomic E-state index is 0.00126. The predicted molar refractivity (Wildman–Crippen MR) is 120 cm³/mol. The first-order valence-corrected chi connectivity index (χ1v) is 10.2. The van der Waals surface area contributed by atoms with Crippen molar-refractivity contribution in [2.45, 2.75) is 66.2 Å². The molecule has 1 fully saturated rings. The number of hydrogen-bond donors (Lipinski definition) is 0. The predicted octanol–water partition coefficient (Wildman–Crippen LogP) is 5.32. The minimum Gasteiger partial charge on any atom is -0.488 e. The molecular formula is C24H39N2O3+. The zero-order valence-electron chi connectivity index (χ0n) is 19.1. The van der Waals surface area contributed by atoms with Crippen LogP contribution in [0, 0.1) is 0 Å². The molecule has 2 rings (SSSR count). The average molecular weight is 404 g/mol. The van der Waals surface area contributed by atoms with E-state index < -0.39 is 5.60 Å². The number of allylic oxidation sites excluding steroid dienone is 3. The van der Waals surface area contributed by atoms with Crippen molar-refractivity contribution in [1.82, 2.24) is 4.90 Å². The van der Waals surface area contributed by atoms with Gasteiger partial charge in [0.05, 0.1) is 6.54 Å². The Morgan fingerprint density at radius 2 is 1.86 bits per heavy atom. The normalized spacial score (nSPS) is 15.7. The molecule has 0 radical (unpaired) electrons. The molecule has 1 saturated heterocycles. The Bertz CT molecular complexity index is 645. The SMILES string of the molecule is C=C.C=C(/C=C\C)C[n+]1ccc(OC2CCN(C(=O)OC(C)(C)C)C2)cc1.CC. The van der Waals surface area contributed by atoms with Crippen molar-refractivity contribution in [1.29, 1.82) is 0 Å². The molecule has 0 saturated carbocycles. The van der Waals surface area contributed by atoms with E-state index in [1.807, 2.05) is 78.2 Å². The Labute approximate surface area is 177 Å². The second kappa shape index (κ2) is 13.6. The zero-order chi connectivity index (χ0) is 22.4. The molecule has 0 aromatic carbocycles. The van der Waals surface area contributed by atoms with Crippen molar-refractivity contribution in [3.8, 4) is 5.75 Å². The van der Waals surface area contributed by atoms with Gasteiger partial charge in [-0.25, -0.2) is 9.36 Å². The van der Waals surface area contributed by atoms with Crippen LogP contribution in [0.1, 0.15) is 48.0 Å². The molecule has 0 bridgehead atoms. The number of hydrogen-bond acceptors (Lipinski definition) is 3. The molecule has 1 aliphatic heterocycles. The van der Waals surface area contributed by atoms with E-state index in [4.69, 9.17) is 9.47 Å². The Balaban J connectivity index is 0.00000184. The van der Waals surface area contributed by atoms with Crippen molar-refractivity contribution >= 4 is 6.09 Å². The van der Waals surface area contributed by atoms with Gasteiger partial charge in [0.2, 0.25) is 0 Å². The molecule has 29 heavy (non-hydrogen) atoms. The van der Waals surface area contributed by atoms with Gasteiger partial charge in [-0.3, -0.25) is 0 Å². The van der Waals surface area contributed by atoms with E-state index in [0.29, 0.717) is 13.1 Å². The molecule has 0 aliphatic carbocycles. The summed E-state index contributed by atoms with van der Waals surface area (Å²) in [6.45, 7) is 23.6. The third-order valence-electron chi connectivity index (χ3n) is 3.75. The van der Waals surface area contributed by atoms with Crippen LogP contribution in [0.15, 0.2) is 62.0 Å². The molecule has 1 atom stereocenters. The molecule has 1 unspecified atom stereocenters. The van der Waals surface area contributed by atoms with Crippen LogP contribution in [0.4, 0.5) is 4.79 Å². The first kappa shape index (κ1) is 26.4. The third-order valence-corrected chi connectivity index (χ3v) is 3.75. The van der Waals surface area contributed by atoms with Gasteiger partial charge in [-0.05, 0) is 27.7 Å². The lowest BCUT2D eigenvalue weighted by Gasteiger charge is -2.24. The number of carbonyl (C=O) groups excluding carboxylic acids is 1. The maximum absolute atomic E-state index is 12.1. The quantitative estimate of drug-likeness (QED) is 0.379. The fourth-order valence-corrected chi connectivity index (χ4v) is 2.66. The second-order valence-corrected chi connectivity index (χ2v) is 7.32. The molecule has 1 amide bonds. The molecule has 0 spiro atoms. The van der Waals surface area contributed by atoms with Gasteiger partial charge in [-0.2, -0.15) is 0 Å². The molecular weight excluding hydrogens is 364 g/mol. The highest BCUT2D eigenvalue weighted by molar-refractivity contribution is 5.68. The topological polar surface area (TPSA) is 42.7 Å². The van der Waals surface area contributed by atoms with E-state index in [9.17, 15) is 4.79 Å². The highest BCUT2D eigenvalue weighted by Gasteiger charge is 2.30. The summed E-state index contributed by atoms with van der Waals surface area (Å²) in [5.74, 6) is 0.809. The lowest BCUT2D eigenvalue weighted by Crippen LogP contribution is -2.36. The Hall–Kier alpha value is -2.56. The number of rotatable bonds is 5. The van der Waals surface area contributed by atoms with Gasteiger partial charge in [-0.1, -0.05) is 32.6 Å². The summed E-state index contributed by atoms with van der Waals surface area (Å²) in [6, 6.07) is 3.89. The van der Waals surface area contributed by atoms with Crippen molar-refractivity contribution in [2.24, 2.45) is 0 Å². The largest absolute Gasteiger partial charge is 0.488 e. The summed E-state index contributed by atoms with van der Waals surface area (Å²) in [5.41, 5.74) is 0.574. The van der Waals surface area contributed by atoms with E-state index in [0.717, 1.165) is 24.3 Å². The van der Waals surface area contributed by atoms with Gasteiger partial charge in [0.15, 0.2) is 18.9 Å². The lowest BCUT2D eigenvalue weighted by atomic mass is 10.2. The number of pyridine rings is 1. The summed E-state index contributed by atoms with van der Waals surface area (Å²) in [4.78, 5) is 13.8. The smallest absolute Gasteiger partial charge is 0.410 e. The van der Waals surface area contributed by atoms with E-state index in [2.05, 4.69) is 24.3 Å². The number of likely N-dealkylation sites (tertiary alicyclic amines) is 1.